The molecule has 2 rings (SSSR count). The largest absolute Gasteiger partial charge is 0.354 e. The Morgan fingerprint density at radius 2 is 2.24 bits per heavy atom. The molecule has 0 aliphatic rings. The molecule has 0 saturated heterocycles. The molecule has 0 fully saturated rings. The highest BCUT2D eigenvalue weighted by atomic mass is 79.9. The number of halogens is 2. The Kier molecular flexibility index (Phi) is 6.48. The van der Waals surface area contributed by atoms with Crippen LogP contribution < -0.4 is 10.2 Å². The van der Waals surface area contributed by atoms with Gasteiger partial charge in [0.1, 0.15) is 5.82 Å². The average Bonchev–Trinajstić information content (AvgIpc) is 2.84. The number of thiophene rings is 1. The lowest BCUT2D eigenvalue weighted by Crippen LogP contribution is -2.22. The summed E-state index contributed by atoms with van der Waals surface area (Å²) in [5.41, 5.74) is 1.20. The maximum absolute atomic E-state index is 5.99. The molecule has 0 aliphatic heterocycles. The predicted molar refractivity (Wildman–Crippen MR) is 95.4 cm³/mol. The zero-order valence-corrected chi connectivity index (χ0v) is 15.4. The first-order chi connectivity index (χ1) is 10.1. The van der Waals surface area contributed by atoms with Gasteiger partial charge in [-0.05, 0) is 47.1 Å². The first-order valence-electron chi connectivity index (χ1n) is 6.90. The van der Waals surface area contributed by atoms with Crippen LogP contribution in [0.2, 0.25) is 4.34 Å². The van der Waals surface area contributed by atoms with Crippen molar-refractivity contribution in [3.8, 4) is 0 Å². The number of nitrogens with zero attached hydrogens (tertiary/aromatic N) is 2. The number of aromatic nitrogens is 1. The van der Waals surface area contributed by atoms with E-state index in [0.717, 1.165) is 40.7 Å². The predicted octanol–water partition coefficient (Wildman–Crippen LogP) is 4.70. The highest BCUT2D eigenvalue weighted by molar-refractivity contribution is 9.10. The van der Waals surface area contributed by atoms with Crippen LogP contribution in [-0.2, 0) is 13.1 Å². The van der Waals surface area contributed by atoms with Crippen molar-refractivity contribution in [1.29, 1.82) is 0 Å². The van der Waals surface area contributed by atoms with Gasteiger partial charge in [-0.2, -0.15) is 0 Å². The van der Waals surface area contributed by atoms with Crippen LogP contribution >= 0.6 is 38.9 Å². The summed E-state index contributed by atoms with van der Waals surface area (Å²) in [6.07, 6.45) is 2.97. The zero-order chi connectivity index (χ0) is 15.2. The minimum absolute atomic E-state index is 0.812. The Morgan fingerprint density at radius 3 is 2.90 bits per heavy atom. The van der Waals surface area contributed by atoms with Gasteiger partial charge in [0.15, 0.2) is 0 Å². The Hall–Kier alpha value is -0.620. The number of hydrogen-bond acceptors (Lipinski definition) is 4. The van der Waals surface area contributed by atoms with Gasteiger partial charge in [0.05, 0.1) is 10.9 Å². The molecular formula is C15H19BrClN3S. The molecule has 0 aromatic carbocycles. The van der Waals surface area contributed by atoms with Crippen molar-refractivity contribution < 1.29 is 0 Å². The summed E-state index contributed by atoms with van der Waals surface area (Å²) in [6.45, 7) is 4.81. The Balaban J connectivity index is 2.12. The molecule has 21 heavy (non-hydrogen) atoms. The van der Waals surface area contributed by atoms with Gasteiger partial charge < -0.3 is 10.2 Å². The van der Waals surface area contributed by atoms with E-state index in [0.29, 0.717) is 0 Å². The van der Waals surface area contributed by atoms with Crippen LogP contribution in [0.4, 0.5) is 5.82 Å². The lowest BCUT2D eigenvalue weighted by Gasteiger charge is -2.21. The lowest BCUT2D eigenvalue weighted by molar-refractivity contribution is 0.671. The molecule has 2 heterocycles. The standard InChI is InChI=1S/C15H19BrClN3S/c1-3-6-18-8-11-7-12(16)9-19-15(11)20(2)10-13-4-5-14(17)21-13/h4-5,7,9,18H,3,6,8,10H2,1-2H3. The van der Waals surface area contributed by atoms with Gasteiger partial charge in [-0.25, -0.2) is 4.98 Å². The smallest absolute Gasteiger partial charge is 0.133 e. The highest BCUT2D eigenvalue weighted by Crippen LogP contribution is 2.26. The van der Waals surface area contributed by atoms with E-state index in [9.17, 15) is 0 Å². The summed E-state index contributed by atoms with van der Waals surface area (Å²) in [7, 11) is 2.06. The van der Waals surface area contributed by atoms with Gasteiger partial charge in [-0.1, -0.05) is 18.5 Å². The second kappa shape index (κ2) is 8.13. The van der Waals surface area contributed by atoms with E-state index in [1.165, 1.54) is 10.4 Å². The van der Waals surface area contributed by atoms with E-state index in [2.05, 4.69) is 57.2 Å². The molecule has 0 bridgehead atoms. The Morgan fingerprint density at radius 1 is 1.43 bits per heavy atom. The van der Waals surface area contributed by atoms with E-state index >= 15 is 0 Å². The third-order valence-electron chi connectivity index (χ3n) is 3.04. The second-order valence-electron chi connectivity index (χ2n) is 4.87. The highest BCUT2D eigenvalue weighted by Gasteiger charge is 2.11. The summed E-state index contributed by atoms with van der Waals surface area (Å²) >= 11 is 11.1. The van der Waals surface area contributed by atoms with Crippen molar-refractivity contribution in [3.63, 3.8) is 0 Å². The topological polar surface area (TPSA) is 28.2 Å². The monoisotopic (exact) mass is 387 g/mol. The normalized spacial score (nSPS) is 10.9. The summed E-state index contributed by atoms with van der Waals surface area (Å²) in [6, 6.07) is 6.13. The van der Waals surface area contributed by atoms with E-state index in [1.807, 2.05) is 12.3 Å². The number of rotatable bonds is 7. The number of hydrogen-bond donors (Lipinski definition) is 1. The van der Waals surface area contributed by atoms with E-state index in [1.54, 1.807) is 11.3 Å². The molecule has 0 saturated carbocycles. The van der Waals surface area contributed by atoms with Crippen molar-refractivity contribution in [1.82, 2.24) is 10.3 Å². The van der Waals surface area contributed by atoms with Gasteiger partial charge in [0.25, 0.3) is 0 Å². The molecule has 0 radical (unpaired) electrons. The first-order valence-corrected chi connectivity index (χ1v) is 8.89. The van der Waals surface area contributed by atoms with Crippen LogP contribution in [0.1, 0.15) is 23.8 Å². The van der Waals surface area contributed by atoms with Gasteiger partial charge >= 0.3 is 0 Å². The quantitative estimate of drug-likeness (QED) is 0.697. The fourth-order valence-corrected chi connectivity index (χ4v) is 3.61. The summed E-state index contributed by atoms with van der Waals surface area (Å²) < 4.78 is 1.83. The van der Waals surface area contributed by atoms with Gasteiger partial charge in [0, 0.05) is 34.7 Å². The zero-order valence-electron chi connectivity index (χ0n) is 12.2. The molecule has 0 aliphatic carbocycles. The molecule has 3 nitrogen and oxygen atoms in total. The number of anilines is 1. The van der Waals surface area contributed by atoms with E-state index in [-0.39, 0.29) is 0 Å². The maximum atomic E-state index is 5.99. The minimum Gasteiger partial charge on any atom is -0.354 e. The third-order valence-corrected chi connectivity index (χ3v) is 4.68. The fraction of sp³-hybridized carbons (Fsp3) is 0.400. The molecule has 1 N–H and O–H groups in total. The third kappa shape index (κ3) is 4.95. The molecule has 2 aromatic rings. The van der Waals surface area contributed by atoms with E-state index in [4.69, 9.17) is 11.6 Å². The summed E-state index contributed by atoms with van der Waals surface area (Å²) in [4.78, 5) is 7.97. The molecule has 0 amide bonds. The van der Waals surface area contributed by atoms with Crippen molar-refractivity contribution in [2.24, 2.45) is 0 Å². The van der Waals surface area contributed by atoms with Crippen LogP contribution in [0.3, 0.4) is 0 Å². The van der Waals surface area contributed by atoms with Crippen molar-refractivity contribution in [3.05, 3.63) is 43.6 Å². The lowest BCUT2D eigenvalue weighted by atomic mass is 10.2. The van der Waals surface area contributed by atoms with Crippen LogP contribution in [0.25, 0.3) is 0 Å². The Bertz CT molecular complexity index is 588. The first kappa shape index (κ1) is 16.7. The molecule has 6 heteroatoms. The maximum Gasteiger partial charge on any atom is 0.133 e. The SMILES string of the molecule is CCCNCc1cc(Br)cnc1N(C)Cc1ccc(Cl)s1. The van der Waals surface area contributed by atoms with Crippen LogP contribution in [-0.4, -0.2) is 18.6 Å². The number of nitrogens with one attached hydrogen (secondary N) is 1. The second-order valence-corrected chi connectivity index (χ2v) is 7.59. The fourth-order valence-electron chi connectivity index (χ4n) is 2.09. The van der Waals surface area contributed by atoms with Crippen LogP contribution in [0.5, 0.6) is 0 Å². The van der Waals surface area contributed by atoms with Gasteiger partial charge in [0.2, 0.25) is 0 Å². The molecule has 0 spiro atoms. The van der Waals surface area contributed by atoms with Crippen molar-refractivity contribution >= 4 is 44.7 Å². The van der Waals surface area contributed by atoms with Crippen molar-refractivity contribution in [2.45, 2.75) is 26.4 Å². The Labute approximate surface area is 143 Å². The molecule has 2 aromatic heterocycles. The van der Waals surface area contributed by atoms with Crippen LogP contribution in [0, 0.1) is 0 Å². The molecule has 0 unspecified atom stereocenters. The molecule has 114 valence electrons. The summed E-state index contributed by atoms with van der Waals surface area (Å²) in [5, 5.41) is 3.44. The summed E-state index contributed by atoms with van der Waals surface area (Å²) in [5.74, 6) is 1.01. The van der Waals surface area contributed by atoms with E-state index < -0.39 is 0 Å². The molecule has 0 atom stereocenters. The van der Waals surface area contributed by atoms with Gasteiger partial charge in [-0.3, -0.25) is 0 Å². The number of pyridine rings is 1. The van der Waals surface area contributed by atoms with Crippen LogP contribution in [0.15, 0.2) is 28.9 Å². The minimum atomic E-state index is 0.812. The van der Waals surface area contributed by atoms with Gasteiger partial charge in [-0.15, -0.1) is 11.3 Å². The molecular weight excluding hydrogens is 370 g/mol. The van der Waals surface area contributed by atoms with Crippen molar-refractivity contribution in [2.75, 3.05) is 18.5 Å². The average molecular weight is 389 g/mol.